The summed E-state index contributed by atoms with van der Waals surface area (Å²) in [5, 5.41) is 0.637. The first-order chi connectivity index (χ1) is 14.1. The Morgan fingerprint density at radius 2 is 1.97 bits per heavy atom. The van der Waals surface area contributed by atoms with Gasteiger partial charge in [-0.2, -0.15) is 0 Å². The van der Waals surface area contributed by atoms with E-state index in [2.05, 4.69) is 6.07 Å². The number of halogens is 1. The molecule has 4 nitrogen and oxygen atoms in total. The highest BCUT2D eigenvalue weighted by molar-refractivity contribution is 8.00. The first kappa shape index (κ1) is 19.8. The number of nitrogens with zero attached hydrogens (tertiary/aromatic N) is 2. The van der Waals surface area contributed by atoms with E-state index in [-0.39, 0.29) is 17.7 Å². The van der Waals surface area contributed by atoms with Crippen molar-refractivity contribution >= 4 is 28.6 Å². The summed E-state index contributed by atoms with van der Waals surface area (Å²) >= 11 is 1.59. The van der Waals surface area contributed by atoms with Gasteiger partial charge >= 0.3 is 0 Å². The van der Waals surface area contributed by atoms with Crippen LogP contribution < -0.4 is 4.74 Å². The number of ether oxygens (including phenoxy) is 1. The van der Waals surface area contributed by atoms with Crippen molar-refractivity contribution in [1.29, 1.82) is 0 Å². The highest BCUT2D eigenvalue weighted by atomic mass is 32.2. The molecule has 29 heavy (non-hydrogen) atoms. The molecule has 1 aromatic heterocycles. The molecule has 4 rings (SSSR count). The maximum atomic E-state index is 13.6. The maximum Gasteiger partial charge on any atom is 0.240 e. The number of carbonyl (C=O) groups excluding carboxylic acids is 1. The van der Waals surface area contributed by atoms with E-state index in [4.69, 9.17) is 4.74 Å². The van der Waals surface area contributed by atoms with E-state index in [1.54, 1.807) is 18.9 Å². The van der Waals surface area contributed by atoms with Gasteiger partial charge in [0.05, 0.1) is 24.9 Å². The number of hydrogen-bond acceptors (Lipinski definition) is 3. The molecule has 0 saturated heterocycles. The van der Waals surface area contributed by atoms with Crippen LogP contribution in [0.1, 0.15) is 24.7 Å². The van der Waals surface area contributed by atoms with Crippen LogP contribution in [0, 0.1) is 0 Å². The Morgan fingerprint density at radius 3 is 2.66 bits per heavy atom. The topological polar surface area (TPSA) is 34.5 Å². The zero-order valence-corrected chi connectivity index (χ0v) is 17.8. The summed E-state index contributed by atoms with van der Waals surface area (Å²) in [5.74, 6) is 0.825. The monoisotopic (exact) mass is 412 g/mol. The lowest BCUT2D eigenvalue weighted by atomic mass is 10.0. The molecule has 0 saturated carbocycles. The average Bonchev–Trinajstić information content (AvgIpc) is 3.08. The first-order valence-electron chi connectivity index (χ1n) is 9.95. The third kappa shape index (κ3) is 3.19. The number of hydrogen-bond donors (Lipinski definition) is 0. The molecular weight excluding hydrogens is 387 g/mol. The van der Waals surface area contributed by atoms with Gasteiger partial charge in [0.15, 0.2) is 0 Å². The lowest BCUT2D eigenvalue weighted by Gasteiger charge is -2.29. The van der Waals surface area contributed by atoms with Crippen LogP contribution in [0.25, 0.3) is 22.2 Å². The largest absolute Gasteiger partial charge is 0.497 e. The van der Waals surface area contributed by atoms with E-state index in [0.717, 1.165) is 38.4 Å². The predicted molar refractivity (Wildman–Crippen MR) is 116 cm³/mol. The summed E-state index contributed by atoms with van der Waals surface area (Å²) in [6.45, 7) is 5.10. The second-order valence-corrected chi connectivity index (χ2v) is 8.14. The molecule has 1 atom stereocenters. The number of aryl methyl sites for hydroxylation is 1. The van der Waals surface area contributed by atoms with E-state index < -0.39 is 6.67 Å². The average molecular weight is 413 g/mol. The standard InChI is InChI=1S/C23H25FN2O2S/c1-4-25(5-2)23(27)22-20-16-11-10-15(28-3)14-18(16)26(13-12-24)21(20)17-8-6-7-9-19(17)29-22/h6-11,14,22H,4-5,12-13H2,1-3H3. The molecule has 1 amide bonds. The highest BCUT2D eigenvalue weighted by Gasteiger charge is 2.37. The van der Waals surface area contributed by atoms with Gasteiger partial charge in [0.1, 0.15) is 17.7 Å². The molecule has 0 spiro atoms. The Bertz CT molecular complexity index is 1060. The van der Waals surface area contributed by atoms with Gasteiger partial charge in [0.25, 0.3) is 0 Å². The summed E-state index contributed by atoms with van der Waals surface area (Å²) in [4.78, 5) is 16.4. The van der Waals surface area contributed by atoms with Crippen molar-refractivity contribution in [3.05, 3.63) is 48.0 Å². The van der Waals surface area contributed by atoms with Gasteiger partial charge < -0.3 is 14.2 Å². The minimum atomic E-state index is -0.475. The molecule has 1 aliphatic rings. The Labute approximate surface area is 174 Å². The van der Waals surface area contributed by atoms with Crippen LogP contribution in [-0.2, 0) is 11.3 Å². The van der Waals surface area contributed by atoms with Gasteiger partial charge in [-0.3, -0.25) is 4.79 Å². The molecule has 3 aromatic rings. The molecule has 1 unspecified atom stereocenters. The van der Waals surface area contributed by atoms with Crippen LogP contribution >= 0.6 is 11.8 Å². The van der Waals surface area contributed by atoms with E-state index in [1.165, 1.54) is 0 Å². The SMILES string of the molecule is CCN(CC)C(=O)C1Sc2ccccc2-c2c1c1ccc(OC)cc1n2CCF. The minimum Gasteiger partial charge on any atom is -0.497 e. The van der Waals surface area contributed by atoms with E-state index in [0.29, 0.717) is 13.1 Å². The van der Waals surface area contributed by atoms with E-state index in [9.17, 15) is 9.18 Å². The van der Waals surface area contributed by atoms with Gasteiger partial charge in [-0.1, -0.05) is 18.2 Å². The smallest absolute Gasteiger partial charge is 0.240 e. The Morgan fingerprint density at radius 1 is 1.21 bits per heavy atom. The van der Waals surface area contributed by atoms with Crippen molar-refractivity contribution in [2.24, 2.45) is 0 Å². The van der Waals surface area contributed by atoms with Crippen molar-refractivity contribution in [3.63, 3.8) is 0 Å². The molecule has 0 radical (unpaired) electrons. The number of thioether (sulfide) groups is 1. The number of aromatic nitrogens is 1. The number of amides is 1. The van der Waals surface area contributed by atoms with Gasteiger partial charge in [-0.25, -0.2) is 4.39 Å². The van der Waals surface area contributed by atoms with Crippen molar-refractivity contribution < 1.29 is 13.9 Å². The number of benzene rings is 2. The van der Waals surface area contributed by atoms with Gasteiger partial charge in [-0.05, 0) is 32.0 Å². The van der Waals surface area contributed by atoms with Crippen molar-refractivity contribution in [3.8, 4) is 17.0 Å². The molecular formula is C23H25FN2O2S. The zero-order valence-electron chi connectivity index (χ0n) is 16.9. The van der Waals surface area contributed by atoms with Crippen LogP contribution in [0.2, 0.25) is 0 Å². The number of methoxy groups -OCH3 is 1. The second-order valence-electron chi connectivity index (χ2n) is 6.99. The van der Waals surface area contributed by atoms with Crippen LogP contribution in [0.3, 0.4) is 0 Å². The Balaban J connectivity index is 2.04. The lowest BCUT2D eigenvalue weighted by Crippen LogP contribution is -2.34. The second kappa shape index (κ2) is 8.11. The normalized spacial score (nSPS) is 15.1. The highest BCUT2D eigenvalue weighted by Crippen LogP contribution is 2.53. The number of rotatable bonds is 6. The maximum absolute atomic E-state index is 13.6. The van der Waals surface area contributed by atoms with Gasteiger partial charge in [0, 0.05) is 40.6 Å². The molecule has 0 N–H and O–H groups in total. The number of fused-ring (bicyclic) bond motifs is 5. The fourth-order valence-corrected chi connectivity index (χ4v) is 5.49. The fourth-order valence-electron chi connectivity index (χ4n) is 4.18. The summed E-state index contributed by atoms with van der Waals surface area (Å²) in [6, 6.07) is 13.9. The third-order valence-electron chi connectivity index (χ3n) is 5.57. The van der Waals surface area contributed by atoms with Gasteiger partial charge in [0.2, 0.25) is 5.91 Å². The molecule has 2 aromatic carbocycles. The zero-order chi connectivity index (χ0) is 20.5. The quantitative estimate of drug-likeness (QED) is 0.551. The molecule has 2 heterocycles. The summed E-state index contributed by atoms with van der Waals surface area (Å²) in [5.41, 5.74) is 3.89. The lowest BCUT2D eigenvalue weighted by molar-refractivity contribution is -0.130. The molecule has 0 aliphatic carbocycles. The fraction of sp³-hybridized carbons (Fsp3) is 0.348. The van der Waals surface area contributed by atoms with E-state index >= 15 is 0 Å². The van der Waals surface area contributed by atoms with Gasteiger partial charge in [-0.15, -0.1) is 11.8 Å². The molecule has 152 valence electrons. The predicted octanol–water partition coefficient (Wildman–Crippen LogP) is 5.30. The third-order valence-corrected chi connectivity index (χ3v) is 6.85. The number of carbonyl (C=O) groups is 1. The minimum absolute atomic E-state index is 0.103. The number of likely N-dealkylation sites (N-methyl/N-ethyl adjacent to an activating group) is 1. The summed E-state index contributed by atoms with van der Waals surface area (Å²) in [6.07, 6.45) is 0. The Hall–Kier alpha value is -2.47. The van der Waals surface area contributed by atoms with Crippen molar-refractivity contribution in [1.82, 2.24) is 9.47 Å². The molecule has 0 bridgehead atoms. The number of alkyl halides is 1. The first-order valence-corrected chi connectivity index (χ1v) is 10.8. The summed E-state index contributed by atoms with van der Waals surface area (Å²) < 4.78 is 21.0. The van der Waals surface area contributed by atoms with E-state index in [1.807, 2.05) is 59.7 Å². The molecule has 6 heteroatoms. The van der Waals surface area contributed by atoms with Crippen LogP contribution in [0.15, 0.2) is 47.4 Å². The Kier molecular flexibility index (Phi) is 5.54. The summed E-state index contributed by atoms with van der Waals surface area (Å²) in [7, 11) is 1.63. The van der Waals surface area contributed by atoms with Crippen molar-refractivity contribution in [2.45, 2.75) is 30.5 Å². The van der Waals surface area contributed by atoms with Crippen molar-refractivity contribution in [2.75, 3.05) is 26.9 Å². The molecule has 1 aliphatic heterocycles. The molecule has 0 fully saturated rings. The van der Waals surface area contributed by atoms with Crippen LogP contribution in [-0.4, -0.2) is 42.2 Å². The van der Waals surface area contributed by atoms with Crippen LogP contribution in [0.4, 0.5) is 4.39 Å². The van der Waals surface area contributed by atoms with Crippen LogP contribution in [0.5, 0.6) is 5.75 Å².